The molecule has 0 aromatic heterocycles. The second kappa shape index (κ2) is 6.85. The van der Waals surface area contributed by atoms with Crippen LogP contribution in [0.3, 0.4) is 0 Å². The number of amides is 2. The van der Waals surface area contributed by atoms with Gasteiger partial charge in [-0.2, -0.15) is 0 Å². The number of anilines is 1. The Morgan fingerprint density at radius 1 is 0.875 bits per heavy atom. The first-order chi connectivity index (χ1) is 11.5. The van der Waals surface area contributed by atoms with Crippen LogP contribution < -0.4 is 10.2 Å². The van der Waals surface area contributed by atoms with Gasteiger partial charge in [0, 0.05) is 6.54 Å². The number of rotatable bonds is 4. The molecule has 2 aromatic carbocycles. The molecule has 1 aliphatic rings. The molecule has 7 heteroatoms. The average Bonchev–Trinajstić information content (AvgIpc) is 2.79. The van der Waals surface area contributed by atoms with Crippen molar-refractivity contribution >= 4 is 52.3 Å². The summed E-state index contributed by atoms with van der Waals surface area (Å²) in [4.78, 5) is 25.9. The summed E-state index contributed by atoms with van der Waals surface area (Å²) in [5.74, 6) is -1.20. The molecule has 0 aliphatic carbocycles. The second-order valence-electron chi connectivity index (χ2n) is 5.05. The van der Waals surface area contributed by atoms with Crippen LogP contribution in [0.25, 0.3) is 0 Å². The molecule has 0 fully saturated rings. The average molecular weight is 382 g/mol. The number of carbonyl (C=O) groups excluding carboxylic acids is 2. The van der Waals surface area contributed by atoms with Gasteiger partial charge in [-0.25, -0.2) is 4.90 Å². The van der Waals surface area contributed by atoms with Crippen molar-refractivity contribution in [3.8, 4) is 0 Å². The smallest absolute Gasteiger partial charge is 0.283 e. The highest BCUT2D eigenvalue weighted by Crippen LogP contribution is 2.36. The summed E-state index contributed by atoms with van der Waals surface area (Å²) in [7, 11) is 0. The summed E-state index contributed by atoms with van der Waals surface area (Å²) in [6.45, 7) is 0.364. The van der Waals surface area contributed by atoms with E-state index < -0.39 is 11.8 Å². The SMILES string of the molecule is O=C1C(Cl)=C(NCc2ccccc2)C(=O)N1c1cccc(Cl)c1Cl. The Balaban J connectivity index is 1.86. The van der Waals surface area contributed by atoms with Crippen LogP contribution in [-0.2, 0) is 16.1 Å². The minimum atomic E-state index is -0.638. The van der Waals surface area contributed by atoms with E-state index in [1.54, 1.807) is 12.1 Å². The number of nitrogens with one attached hydrogen (secondary N) is 1. The molecule has 3 rings (SSSR count). The van der Waals surface area contributed by atoms with Gasteiger partial charge < -0.3 is 5.32 Å². The Labute approximate surface area is 153 Å². The predicted molar refractivity (Wildman–Crippen MR) is 95.1 cm³/mol. The number of hydrogen-bond donors (Lipinski definition) is 1. The van der Waals surface area contributed by atoms with Crippen molar-refractivity contribution in [1.82, 2.24) is 5.32 Å². The molecule has 0 spiro atoms. The molecule has 0 bridgehead atoms. The van der Waals surface area contributed by atoms with Gasteiger partial charge in [0.2, 0.25) is 0 Å². The van der Waals surface area contributed by atoms with E-state index in [-0.39, 0.29) is 26.5 Å². The quantitative estimate of drug-likeness (QED) is 0.811. The second-order valence-corrected chi connectivity index (χ2v) is 6.21. The summed E-state index contributed by atoms with van der Waals surface area (Å²) >= 11 is 18.1. The standard InChI is InChI=1S/C17H11Cl3N2O2/c18-11-7-4-8-12(13(11)19)22-16(23)14(20)15(17(22)24)21-9-10-5-2-1-3-6-10/h1-8,21H,9H2. The number of carbonyl (C=O) groups is 2. The molecule has 0 unspecified atom stereocenters. The normalized spacial score (nSPS) is 14.5. The van der Waals surface area contributed by atoms with Crippen LogP contribution in [0, 0.1) is 0 Å². The lowest BCUT2D eigenvalue weighted by Gasteiger charge is -2.17. The minimum Gasteiger partial charge on any atom is -0.375 e. The Bertz CT molecular complexity index is 850. The Hall–Kier alpha value is -2.01. The first-order valence-corrected chi connectivity index (χ1v) is 8.14. The van der Waals surface area contributed by atoms with Gasteiger partial charge in [0.25, 0.3) is 11.8 Å². The minimum absolute atomic E-state index is 0.0431. The molecule has 4 nitrogen and oxygen atoms in total. The van der Waals surface area contributed by atoms with Gasteiger partial charge in [0.15, 0.2) is 0 Å². The van der Waals surface area contributed by atoms with Crippen LogP contribution in [0.5, 0.6) is 0 Å². The van der Waals surface area contributed by atoms with E-state index in [0.29, 0.717) is 6.54 Å². The fraction of sp³-hybridized carbons (Fsp3) is 0.0588. The molecule has 2 amide bonds. The Morgan fingerprint density at radius 2 is 1.58 bits per heavy atom. The van der Waals surface area contributed by atoms with Crippen LogP contribution in [0.2, 0.25) is 10.0 Å². The van der Waals surface area contributed by atoms with E-state index in [2.05, 4.69) is 5.32 Å². The lowest BCUT2D eigenvalue weighted by Crippen LogP contribution is -2.33. The maximum absolute atomic E-state index is 12.6. The topological polar surface area (TPSA) is 49.4 Å². The number of halogens is 3. The molecule has 0 atom stereocenters. The highest BCUT2D eigenvalue weighted by Gasteiger charge is 2.39. The van der Waals surface area contributed by atoms with E-state index in [4.69, 9.17) is 34.8 Å². The van der Waals surface area contributed by atoms with Crippen molar-refractivity contribution in [2.24, 2.45) is 0 Å². The van der Waals surface area contributed by atoms with Crippen molar-refractivity contribution in [3.05, 3.63) is 74.9 Å². The highest BCUT2D eigenvalue weighted by atomic mass is 35.5. The van der Waals surface area contributed by atoms with E-state index >= 15 is 0 Å². The zero-order valence-electron chi connectivity index (χ0n) is 12.2. The maximum Gasteiger partial charge on any atom is 0.283 e. The molecule has 24 heavy (non-hydrogen) atoms. The molecule has 2 aromatic rings. The Kier molecular flexibility index (Phi) is 4.81. The van der Waals surface area contributed by atoms with Gasteiger partial charge >= 0.3 is 0 Å². The lowest BCUT2D eigenvalue weighted by atomic mass is 10.2. The molecular formula is C17H11Cl3N2O2. The molecule has 0 saturated carbocycles. The van der Waals surface area contributed by atoms with E-state index in [1.807, 2.05) is 30.3 Å². The van der Waals surface area contributed by atoms with Crippen molar-refractivity contribution in [1.29, 1.82) is 0 Å². The van der Waals surface area contributed by atoms with Crippen LogP contribution in [0.15, 0.2) is 59.3 Å². The van der Waals surface area contributed by atoms with E-state index in [9.17, 15) is 9.59 Å². The first kappa shape index (κ1) is 16.8. The van der Waals surface area contributed by atoms with Gasteiger partial charge in [-0.05, 0) is 17.7 Å². The van der Waals surface area contributed by atoms with Crippen LogP contribution in [0.4, 0.5) is 5.69 Å². The number of hydrogen-bond acceptors (Lipinski definition) is 3. The largest absolute Gasteiger partial charge is 0.375 e. The molecule has 1 aliphatic heterocycles. The molecule has 122 valence electrons. The van der Waals surface area contributed by atoms with Crippen molar-refractivity contribution < 1.29 is 9.59 Å². The fourth-order valence-corrected chi connectivity index (χ4v) is 2.94. The predicted octanol–water partition coefficient (Wildman–Crippen LogP) is 4.11. The number of benzene rings is 2. The summed E-state index contributed by atoms with van der Waals surface area (Å²) in [6, 6.07) is 14.2. The van der Waals surface area contributed by atoms with Gasteiger partial charge in [0.05, 0.1) is 15.7 Å². The third-order valence-corrected chi connectivity index (χ3v) is 4.67. The summed E-state index contributed by atoms with van der Waals surface area (Å²) in [6.07, 6.45) is 0. The molecule has 1 N–H and O–H groups in total. The van der Waals surface area contributed by atoms with Crippen LogP contribution in [0.1, 0.15) is 5.56 Å². The van der Waals surface area contributed by atoms with E-state index in [1.165, 1.54) is 6.07 Å². The van der Waals surface area contributed by atoms with Crippen molar-refractivity contribution in [3.63, 3.8) is 0 Å². The summed E-state index contributed by atoms with van der Waals surface area (Å²) in [5.41, 5.74) is 1.20. The zero-order chi connectivity index (χ0) is 17.3. The van der Waals surface area contributed by atoms with Crippen LogP contribution >= 0.6 is 34.8 Å². The third-order valence-electron chi connectivity index (χ3n) is 3.51. The van der Waals surface area contributed by atoms with Gasteiger partial charge in [-0.3, -0.25) is 9.59 Å². The van der Waals surface area contributed by atoms with Crippen LogP contribution in [-0.4, -0.2) is 11.8 Å². The van der Waals surface area contributed by atoms with Gasteiger partial charge in [0.1, 0.15) is 10.7 Å². The lowest BCUT2D eigenvalue weighted by molar-refractivity contribution is -0.120. The summed E-state index contributed by atoms with van der Waals surface area (Å²) in [5, 5.41) is 3.11. The Morgan fingerprint density at radius 3 is 2.29 bits per heavy atom. The van der Waals surface area contributed by atoms with Gasteiger partial charge in [-0.15, -0.1) is 0 Å². The maximum atomic E-state index is 12.6. The molecule has 0 saturated heterocycles. The fourth-order valence-electron chi connectivity index (χ4n) is 2.33. The highest BCUT2D eigenvalue weighted by molar-refractivity contribution is 6.54. The van der Waals surface area contributed by atoms with Crippen molar-refractivity contribution in [2.45, 2.75) is 6.54 Å². The molecular weight excluding hydrogens is 371 g/mol. The third kappa shape index (κ3) is 3.00. The monoisotopic (exact) mass is 380 g/mol. The first-order valence-electron chi connectivity index (χ1n) is 7.01. The summed E-state index contributed by atoms with van der Waals surface area (Å²) < 4.78 is 0. The van der Waals surface area contributed by atoms with Crippen molar-refractivity contribution in [2.75, 3.05) is 4.90 Å². The van der Waals surface area contributed by atoms with E-state index in [0.717, 1.165) is 10.5 Å². The molecule has 1 heterocycles. The number of nitrogens with zero attached hydrogens (tertiary/aromatic N) is 1. The number of imide groups is 1. The van der Waals surface area contributed by atoms with Gasteiger partial charge in [-0.1, -0.05) is 71.2 Å². The zero-order valence-corrected chi connectivity index (χ0v) is 14.5. The molecule has 0 radical (unpaired) electrons.